The SMILES string of the molecule is CC1CCC(C(C)C)C(OCC(=O)N2CCC(C(=O)O)CC2)C1. The lowest BCUT2D eigenvalue weighted by atomic mass is 9.75. The smallest absolute Gasteiger partial charge is 0.306 e. The maximum atomic E-state index is 12.3. The van der Waals surface area contributed by atoms with Crippen LogP contribution in [0.4, 0.5) is 0 Å². The molecule has 1 aliphatic heterocycles. The number of rotatable bonds is 5. The van der Waals surface area contributed by atoms with E-state index in [1.54, 1.807) is 4.90 Å². The van der Waals surface area contributed by atoms with Crippen molar-refractivity contribution in [3.8, 4) is 0 Å². The summed E-state index contributed by atoms with van der Waals surface area (Å²) in [5.41, 5.74) is 0. The lowest BCUT2D eigenvalue weighted by Gasteiger charge is -2.37. The molecule has 3 unspecified atom stereocenters. The topological polar surface area (TPSA) is 66.8 Å². The molecule has 1 saturated heterocycles. The fourth-order valence-corrected chi connectivity index (χ4v) is 3.95. The van der Waals surface area contributed by atoms with Gasteiger partial charge < -0.3 is 14.7 Å². The molecule has 2 aliphatic rings. The zero-order valence-electron chi connectivity index (χ0n) is 14.7. The van der Waals surface area contributed by atoms with E-state index in [9.17, 15) is 9.59 Å². The summed E-state index contributed by atoms with van der Waals surface area (Å²) in [4.78, 5) is 25.1. The van der Waals surface area contributed by atoms with Crippen LogP contribution in [0.25, 0.3) is 0 Å². The number of carbonyl (C=O) groups excluding carboxylic acids is 1. The van der Waals surface area contributed by atoms with Gasteiger partial charge in [-0.15, -0.1) is 0 Å². The summed E-state index contributed by atoms with van der Waals surface area (Å²) in [6.45, 7) is 7.93. The normalized spacial score (nSPS) is 29.7. The van der Waals surface area contributed by atoms with Crippen molar-refractivity contribution in [1.82, 2.24) is 4.90 Å². The molecule has 1 saturated carbocycles. The first-order valence-corrected chi connectivity index (χ1v) is 9.00. The van der Waals surface area contributed by atoms with Gasteiger partial charge >= 0.3 is 5.97 Å². The van der Waals surface area contributed by atoms with Crippen LogP contribution in [0.1, 0.15) is 52.9 Å². The number of likely N-dealkylation sites (tertiary alicyclic amines) is 1. The highest BCUT2D eigenvalue weighted by Gasteiger charge is 2.33. The van der Waals surface area contributed by atoms with Crippen LogP contribution in [0, 0.1) is 23.7 Å². The number of ether oxygens (including phenoxy) is 1. The minimum atomic E-state index is -0.746. The standard InChI is InChI=1S/C18H31NO4/c1-12(2)15-5-4-13(3)10-16(15)23-11-17(20)19-8-6-14(7-9-19)18(21)22/h12-16H,4-11H2,1-3H3,(H,21,22). The fourth-order valence-electron chi connectivity index (χ4n) is 3.95. The molecule has 1 aliphatic carbocycles. The highest BCUT2D eigenvalue weighted by Crippen LogP contribution is 2.35. The Morgan fingerprint density at radius 1 is 1.17 bits per heavy atom. The van der Waals surface area contributed by atoms with E-state index >= 15 is 0 Å². The second-order valence-electron chi connectivity index (χ2n) is 7.67. The molecular formula is C18H31NO4. The summed E-state index contributed by atoms with van der Waals surface area (Å²) in [7, 11) is 0. The van der Waals surface area contributed by atoms with Gasteiger partial charge in [0, 0.05) is 13.1 Å². The average molecular weight is 325 g/mol. The number of piperidine rings is 1. The lowest BCUT2D eigenvalue weighted by Crippen LogP contribution is -2.43. The van der Waals surface area contributed by atoms with E-state index < -0.39 is 5.97 Å². The van der Waals surface area contributed by atoms with Gasteiger partial charge in [0.15, 0.2) is 0 Å². The maximum absolute atomic E-state index is 12.3. The molecule has 0 aromatic heterocycles. The summed E-state index contributed by atoms with van der Waals surface area (Å²) < 4.78 is 6.01. The van der Waals surface area contributed by atoms with Crippen LogP contribution < -0.4 is 0 Å². The number of aliphatic carboxylic acids is 1. The van der Waals surface area contributed by atoms with Crippen molar-refractivity contribution in [1.29, 1.82) is 0 Å². The Hall–Kier alpha value is -1.10. The van der Waals surface area contributed by atoms with E-state index in [1.165, 1.54) is 12.8 Å². The molecule has 0 aromatic carbocycles. The number of hydrogen-bond acceptors (Lipinski definition) is 3. The lowest BCUT2D eigenvalue weighted by molar-refractivity contribution is -0.148. The average Bonchev–Trinajstić information content (AvgIpc) is 2.52. The molecule has 5 heteroatoms. The van der Waals surface area contributed by atoms with Gasteiger partial charge in [0.05, 0.1) is 12.0 Å². The number of carboxylic acid groups (broad SMARTS) is 1. The first kappa shape index (κ1) is 18.2. The highest BCUT2D eigenvalue weighted by molar-refractivity contribution is 5.78. The molecule has 0 bridgehead atoms. The van der Waals surface area contributed by atoms with Crippen LogP contribution in [-0.2, 0) is 14.3 Å². The second-order valence-corrected chi connectivity index (χ2v) is 7.67. The molecule has 2 fully saturated rings. The zero-order chi connectivity index (χ0) is 17.0. The summed E-state index contributed by atoms with van der Waals surface area (Å²) >= 11 is 0. The fraction of sp³-hybridized carbons (Fsp3) is 0.889. The minimum Gasteiger partial charge on any atom is -0.481 e. The molecule has 0 spiro atoms. The number of carboxylic acids is 1. The summed E-state index contributed by atoms with van der Waals surface area (Å²) in [6.07, 6.45) is 4.75. The van der Waals surface area contributed by atoms with Crippen molar-refractivity contribution in [3.63, 3.8) is 0 Å². The Morgan fingerprint density at radius 2 is 1.83 bits per heavy atom. The van der Waals surface area contributed by atoms with Crippen molar-refractivity contribution in [2.45, 2.75) is 59.0 Å². The third kappa shape index (κ3) is 4.93. The van der Waals surface area contributed by atoms with Crippen molar-refractivity contribution in [2.24, 2.45) is 23.7 Å². The van der Waals surface area contributed by atoms with Crippen molar-refractivity contribution in [3.05, 3.63) is 0 Å². The molecule has 23 heavy (non-hydrogen) atoms. The quantitative estimate of drug-likeness (QED) is 0.844. The molecule has 1 amide bonds. The molecular weight excluding hydrogens is 294 g/mol. The van der Waals surface area contributed by atoms with Gasteiger partial charge in [-0.3, -0.25) is 9.59 Å². The number of carbonyl (C=O) groups is 2. The van der Waals surface area contributed by atoms with Gasteiger partial charge in [-0.05, 0) is 43.4 Å². The van der Waals surface area contributed by atoms with E-state index in [0.29, 0.717) is 43.7 Å². The first-order valence-electron chi connectivity index (χ1n) is 9.00. The molecule has 1 heterocycles. The molecule has 0 aromatic rings. The Labute approximate surface area is 139 Å². The van der Waals surface area contributed by atoms with Gasteiger partial charge in [0.2, 0.25) is 5.91 Å². The third-order valence-electron chi connectivity index (χ3n) is 5.58. The summed E-state index contributed by atoms with van der Waals surface area (Å²) in [5.74, 6) is 0.741. The third-order valence-corrected chi connectivity index (χ3v) is 5.58. The van der Waals surface area contributed by atoms with Crippen LogP contribution >= 0.6 is 0 Å². The van der Waals surface area contributed by atoms with Crippen LogP contribution in [0.15, 0.2) is 0 Å². The molecule has 3 atom stereocenters. The second kappa shape index (κ2) is 8.13. The van der Waals surface area contributed by atoms with E-state index in [1.807, 2.05) is 0 Å². The minimum absolute atomic E-state index is 0.00886. The van der Waals surface area contributed by atoms with Crippen LogP contribution in [0.5, 0.6) is 0 Å². The van der Waals surface area contributed by atoms with Gasteiger partial charge in [0.1, 0.15) is 6.61 Å². The molecule has 5 nitrogen and oxygen atoms in total. The summed E-state index contributed by atoms with van der Waals surface area (Å²) in [6, 6.07) is 0. The van der Waals surface area contributed by atoms with Crippen LogP contribution in [-0.4, -0.2) is 47.7 Å². The van der Waals surface area contributed by atoms with Crippen molar-refractivity contribution in [2.75, 3.05) is 19.7 Å². The number of amides is 1. The van der Waals surface area contributed by atoms with Crippen molar-refractivity contribution < 1.29 is 19.4 Å². The predicted octanol–water partition coefficient (Wildman–Crippen LogP) is 2.79. The number of nitrogens with zero attached hydrogens (tertiary/aromatic N) is 1. The van der Waals surface area contributed by atoms with Gasteiger partial charge in [-0.2, -0.15) is 0 Å². The number of hydrogen-bond donors (Lipinski definition) is 1. The van der Waals surface area contributed by atoms with Crippen LogP contribution in [0.2, 0.25) is 0 Å². The van der Waals surface area contributed by atoms with Crippen molar-refractivity contribution >= 4 is 11.9 Å². The molecule has 2 rings (SSSR count). The maximum Gasteiger partial charge on any atom is 0.306 e. The predicted molar refractivity (Wildman–Crippen MR) is 88.0 cm³/mol. The Bertz CT molecular complexity index is 415. The zero-order valence-corrected chi connectivity index (χ0v) is 14.7. The van der Waals surface area contributed by atoms with E-state index in [4.69, 9.17) is 9.84 Å². The largest absolute Gasteiger partial charge is 0.481 e. The Morgan fingerprint density at radius 3 is 2.39 bits per heavy atom. The van der Waals surface area contributed by atoms with Gasteiger partial charge in [0.25, 0.3) is 0 Å². The first-order chi connectivity index (χ1) is 10.9. The highest BCUT2D eigenvalue weighted by atomic mass is 16.5. The monoisotopic (exact) mass is 325 g/mol. The van der Waals surface area contributed by atoms with E-state index in [-0.39, 0.29) is 24.5 Å². The van der Waals surface area contributed by atoms with Gasteiger partial charge in [-0.25, -0.2) is 0 Å². The summed E-state index contributed by atoms with van der Waals surface area (Å²) in [5, 5.41) is 9.01. The van der Waals surface area contributed by atoms with E-state index in [2.05, 4.69) is 20.8 Å². The molecule has 1 N–H and O–H groups in total. The van der Waals surface area contributed by atoms with Crippen LogP contribution in [0.3, 0.4) is 0 Å². The van der Waals surface area contributed by atoms with Gasteiger partial charge in [-0.1, -0.05) is 27.2 Å². The molecule has 0 radical (unpaired) electrons. The van der Waals surface area contributed by atoms with E-state index in [0.717, 1.165) is 6.42 Å². The Balaban J connectivity index is 1.80. The Kier molecular flexibility index (Phi) is 6.45. The molecule has 132 valence electrons.